The molecule has 4 nitrogen and oxygen atoms in total. The second-order valence-electron chi connectivity index (χ2n) is 5.99. The Kier molecular flexibility index (Phi) is 8.39. The Bertz CT molecular complexity index is 592. The number of halogens is 5. The molecule has 1 aromatic carbocycles. The zero-order valence-electron chi connectivity index (χ0n) is 14.2. The third kappa shape index (κ3) is 7.35. The monoisotopic (exact) mass is 474 g/mol. The average Bonchev–Trinajstić information content (AvgIpc) is 2.91. The quantitative estimate of drug-likeness (QED) is 0.305. The molecule has 25 heavy (non-hydrogen) atoms. The van der Waals surface area contributed by atoms with E-state index in [1.165, 1.54) is 11.0 Å². The summed E-state index contributed by atoms with van der Waals surface area (Å²) in [7, 11) is 1.60. The molecule has 1 aliphatic rings. The molecular formula is C16H23F4IN4. The molecule has 1 unspecified atom stereocenters. The van der Waals surface area contributed by atoms with Crippen LogP contribution in [-0.2, 0) is 6.54 Å². The van der Waals surface area contributed by atoms with Gasteiger partial charge in [-0.2, -0.15) is 13.2 Å². The van der Waals surface area contributed by atoms with Crippen molar-refractivity contribution in [3.63, 3.8) is 0 Å². The summed E-state index contributed by atoms with van der Waals surface area (Å²) >= 11 is 0. The van der Waals surface area contributed by atoms with Gasteiger partial charge in [-0.05, 0) is 30.5 Å². The lowest BCUT2D eigenvalue weighted by atomic mass is 10.1. The molecule has 1 atom stereocenters. The van der Waals surface area contributed by atoms with Crippen LogP contribution in [0.25, 0.3) is 0 Å². The molecular weight excluding hydrogens is 451 g/mol. The highest BCUT2D eigenvalue weighted by atomic mass is 127. The fraction of sp³-hybridized carbons (Fsp3) is 0.562. The van der Waals surface area contributed by atoms with Crippen molar-refractivity contribution in [2.24, 2.45) is 4.99 Å². The predicted octanol–water partition coefficient (Wildman–Crippen LogP) is 3.05. The van der Waals surface area contributed by atoms with Crippen LogP contribution < -0.4 is 10.6 Å². The molecule has 0 amide bonds. The van der Waals surface area contributed by atoms with Gasteiger partial charge in [-0.3, -0.25) is 9.89 Å². The average molecular weight is 474 g/mol. The first kappa shape index (κ1) is 21.9. The maximum atomic E-state index is 13.2. The maximum absolute atomic E-state index is 13.2. The Morgan fingerprint density at radius 1 is 1.36 bits per heavy atom. The minimum absolute atomic E-state index is 0. The SMILES string of the molecule is CN=C(NCc1ccc(F)c(C)c1)NC1CCN(CC(F)(F)F)C1.I. The molecule has 0 bridgehead atoms. The van der Waals surface area contributed by atoms with Crippen molar-refractivity contribution >= 4 is 29.9 Å². The van der Waals surface area contributed by atoms with Gasteiger partial charge >= 0.3 is 6.18 Å². The largest absolute Gasteiger partial charge is 0.401 e. The molecule has 1 saturated heterocycles. The summed E-state index contributed by atoms with van der Waals surface area (Å²) in [6.45, 7) is 2.01. The van der Waals surface area contributed by atoms with Crippen molar-refractivity contribution in [2.75, 3.05) is 26.7 Å². The zero-order chi connectivity index (χ0) is 17.7. The Balaban J connectivity index is 0.00000312. The van der Waals surface area contributed by atoms with E-state index in [1.54, 1.807) is 26.1 Å². The number of hydrogen-bond donors (Lipinski definition) is 2. The molecule has 2 rings (SSSR count). The van der Waals surface area contributed by atoms with Gasteiger partial charge in [0.05, 0.1) is 6.54 Å². The van der Waals surface area contributed by atoms with Crippen molar-refractivity contribution < 1.29 is 17.6 Å². The fourth-order valence-corrected chi connectivity index (χ4v) is 2.74. The molecule has 0 radical (unpaired) electrons. The molecule has 0 aliphatic carbocycles. The van der Waals surface area contributed by atoms with Crippen LogP contribution >= 0.6 is 24.0 Å². The van der Waals surface area contributed by atoms with Crippen LogP contribution in [0.15, 0.2) is 23.2 Å². The number of likely N-dealkylation sites (tertiary alicyclic amines) is 1. The van der Waals surface area contributed by atoms with Gasteiger partial charge in [0.1, 0.15) is 5.82 Å². The third-order valence-electron chi connectivity index (χ3n) is 3.92. The first-order chi connectivity index (χ1) is 11.3. The molecule has 142 valence electrons. The Morgan fingerprint density at radius 3 is 2.68 bits per heavy atom. The Labute approximate surface area is 162 Å². The summed E-state index contributed by atoms with van der Waals surface area (Å²) in [6, 6.07) is 4.77. The normalized spacial score (nSPS) is 18.8. The van der Waals surface area contributed by atoms with Gasteiger partial charge < -0.3 is 10.6 Å². The van der Waals surface area contributed by atoms with Crippen molar-refractivity contribution in [1.29, 1.82) is 0 Å². The maximum Gasteiger partial charge on any atom is 0.401 e. The number of alkyl halides is 3. The Hall–Kier alpha value is -1.10. The highest BCUT2D eigenvalue weighted by Gasteiger charge is 2.34. The summed E-state index contributed by atoms with van der Waals surface area (Å²) < 4.78 is 50.5. The molecule has 1 heterocycles. The van der Waals surface area contributed by atoms with Gasteiger partial charge in [0, 0.05) is 32.7 Å². The van der Waals surface area contributed by atoms with Gasteiger partial charge in [0.2, 0.25) is 0 Å². The van der Waals surface area contributed by atoms with Crippen LogP contribution in [0.1, 0.15) is 17.5 Å². The number of rotatable bonds is 4. The number of aliphatic imine (C=N–C) groups is 1. The lowest BCUT2D eigenvalue weighted by molar-refractivity contribution is -0.143. The van der Waals surface area contributed by atoms with Crippen molar-refractivity contribution in [3.8, 4) is 0 Å². The number of nitrogens with one attached hydrogen (secondary N) is 2. The second kappa shape index (κ2) is 9.56. The van der Waals surface area contributed by atoms with Crippen molar-refractivity contribution in [2.45, 2.75) is 32.1 Å². The number of nitrogens with zero attached hydrogens (tertiary/aromatic N) is 2. The van der Waals surface area contributed by atoms with Gasteiger partial charge in [-0.25, -0.2) is 4.39 Å². The van der Waals surface area contributed by atoms with E-state index in [2.05, 4.69) is 15.6 Å². The standard InChI is InChI=1S/C16H22F4N4.HI/c1-11-7-12(3-4-14(11)17)8-22-15(21-2)23-13-5-6-24(9-13)10-16(18,19)20;/h3-4,7,13H,5-6,8-10H2,1-2H3,(H2,21,22,23);1H. The first-order valence-corrected chi connectivity index (χ1v) is 7.78. The van der Waals surface area contributed by atoms with Gasteiger partial charge in [-0.15, -0.1) is 24.0 Å². The number of benzene rings is 1. The lowest BCUT2D eigenvalue weighted by Crippen LogP contribution is -2.44. The van der Waals surface area contributed by atoms with Gasteiger partial charge in [-0.1, -0.05) is 12.1 Å². The van der Waals surface area contributed by atoms with Crippen LogP contribution in [0.5, 0.6) is 0 Å². The van der Waals surface area contributed by atoms with E-state index < -0.39 is 12.7 Å². The summed E-state index contributed by atoms with van der Waals surface area (Å²) in [5, 5.41) is 6.23. The summed E-state index contributed by atoms with van der Waals surface area (Å²) in [5.41, 5.74) is 1.47. The smallest absolute Gasteiger partial charge is 0.352 e. The van der Waals surface area contributed by atoms with E-state index in [-0.39, 0.29) is 35.8 Å². The summed E-state index contributed by atoms with van der Waals surface area (Å²) in [6.07, 6.45) is -3.54. The molecule has 1 aromatic rings. The van der Waals surface area contributed by atoms with E-state index in [1.807, 2.05) is 0 Å². The van der Waals surface area contributed by atoms with Crippen LogP contribution in [0.4, 0.5) is 17.6 Å². The minimum Gasteiger partial charge on any atom is -0.352 e. The van der Waals surface area contributed by atoms with Crippen LogP contribution in [-0.4, -0.2) is 49.8 Å². The molecule has 1 fully saturated rings. The van der Waals surface area contributed by atoms with Gasteiger partial charge in [0.25, 0.3) is 0 Å². The van der Waals surface area contributed by atoms with Crippen molar-refractivity contribution in [3.05, 3.63) is 35.1 Å². The number of aryl methyl sites for hydroxylation is 1. The fourth-order valence-electron chi connectivity index (χ4n) is 2.74. The van der Waals surface area contributed by atoms with E-state index >= 15 is 0 Å². The minimum atomic E-state index is -4.17. The predicted molar refractivity (Wildman–Crippen MR) is 101 cm³/mol. The lowest BCUT2D eigenvalue weighted by Gasteiger charge is -2.20. The summed E-state index contributed by atoms with van der Waals surface area (Å²) in [4.78, 5) is 5.47. The highest BCUT2D eigenvalue weighted by molar-refractivity contribution is 14.0. The topological polar surface area (TPSA) is 39.7 Å². The number of hydrogen-bond acceptors (Lipinski definition) is 2. The molecule has 0 spiro atoms. The second-order valence-corrected chi connectivity index (χ2v) is 5.99. The molecule has 0 aromatic heterocycles. The highest BCUT2D eigenvalue weighted by Crippen LogP contribution is 2.19. The third-order valence-corrected chi connectivity index (χ3v) is 3.92. The first-order valence-electron chi connectivity index (χ1n) is 7.78. The van der Waals surface area contributed by atoms with E-state index in [0.717, 1.165) is 5.56 Å². The molecule has 0 saturated carbocycles. The van der Waals surface area contributed by atoms with E-state index in [9.17, 15) is 17.6 Å². The van der Waals surface area contributed by atoms with Crippen LogP contribution in [0.2, 0.25) is 0 Å². The van der Waals surface area contributed by atoms with Gasteiger partial charge in [0.15, 0.2) is 5.96 Å². The zero-order valence-corrected chi connectivity index (χ0v) is 16.5. The summed E-state index contributed by atoms with van der Waals surface area (Å²) in [5.74, 6) is 0.271. The van der Waals surface area contributed by atoms with E-state index in [4.69, 9.17) is 0 Å². The number of guanidine groups is 1. The van der Waals surface area contributed by atoms with E-state index in [0.29, 0.717) is 37.6 Å². The molecule has 9 heteroatoms. The van der Waals surface area contributed by atoms with Crippen LogP contribution in [0.3, 0.4) is 0 Å². The molecule has 1 aliphatic heterocycles. The van der Waals surface area contributed by atoms with Crippen molar-refractivity contribution in [1.82, 2.24) is 15.5 Å². The molecule has 2 N–H and O–H groups in total. The van der Waals surface area contributed by atoms with Crippen LogP contribution in [0, 0.1) is 12.7 Å². The Morgan fingerprint density at radius 2 is 2.08 bits per heavy atom.